The first-order valence-electron chi connectivity index (χ1n) is 5.78. The van der Waals surface area contributed by atoms with Crippen molar-refractivity contribution in [2.45, 2.75) is 0 Å². The maximum atomic E-state index is 13.0. The second kappa shape index (κ2) is 6.19. The number of halogens is 4. The van der Waals surface area contributed by atoms with Gasteiger partial charge in [0, 0.05) is 11.1 Å². The van der Waals surface area contributed by atoms with Crippen LogP contribution in [-0.4, -0.2) is 0 Å². The van der Waals surface area contributed by atoms with E-state index in [0.29, 0.717) is 0 Å². The lowest BCUT2D eigenvalue weighted by Gasteiger charge is -2.04. The summed E-state index contributed by atoms with van der Waals surface area (Å²) in [6, 6.07) is 12.2. The summed E-state index contributed by atoms with van der Waals surface area (Å²) in [5.41, 5.74) is 1.80. The molecule has 0 aliphatic heterocycles. The molecule has 0 aromatic heterocycles. The quantitative estimate of drug-likeness (QED) is 0.620. The summed E-state index contributed by atoms with van der Waals surface area (Å²) < 4.78 is 50.0. The molecule has 0 N–H and O–H groups in total. The molecule has 0 aliphatic rings. The Bertz CT molecular complexity index is 578. The summed E-state index contributed by atoms with van der Waals surface area (Å²) in [6.07, 6.45) is -0.203. The monoisotopic (exact) mass is 278 g/mol. The Hall–Kier alpha value is -2.36. The van der Waals surface area contributed by atoms with Crippen molar-refractivity contribution < 1.29 is 17.6 Å². The fraction of sp³-hybridized carbons (Fsp3) is 0. The maximum absolute atomic E-state index is 13.0. The average Bonchev–Trinajstić information content (AvgIpc) is 2.53. The average molecular weight is 278 g/mol. The van der Waals surface area contributed by atoms with E-state index in [9.17, 15) is 17.6 Å². The number of benzene rings is 2. The van der Waals surface area contributed by atoms with E-state index < -0.39 is 11.7 Å². The van der Waals surface area contributed by atoms with E-state index in [1.807, 2.05) is 0 Å². The zero-order chi connectivity index (χ0) is 14.5. The molecule has 20 heavy (non-hydrogen) atoms. The van der Waals surface area contributed by atoms with Gasteiger partial charge in [0.1, 0.15) is 12.7 Å². The highest BCUT2D eigenvalue weighted by atomic mass is 19.2. The zero-order valence-electron chi connectivity index (χ0n) is 10.3. The van der Waals surface area contributed by atoms with Crippen molar-refractivity contribution >= 4 is 11.7 Å². The molecule has 2 aromatic rings. The van der Waals surface area contributed by atoms with E-state index >= 15 is 0 Å². The number of hydrogen-bond donors (Lipinski definition) is 0. The molecule has 0 fully saturated rings. The van der Waals surface area contributed by atoms with Crippen LogP contribution in [0.1, 0.15) is 11.1 Å². The molecule has 2 rings (SSSR count). The molecule has 0 amide bonds. The molecule has 0 atom stereocenters. The Labute approximate surface area is 113 Å². The first kappa shape index (κ1) is 14.1. The van der Waals surface area contributed by atoms with Gasteiger partial charge in [-0.3, -0.25) is 0 Å². The first-order valence-corrected chi connectivity index (χ1v) is 5.78. The molecule has 0 bridgehead atoms. The molecular weight excluding hydrogens is 268 g/mol. The van der Waals surface area contributed by atoms with E-state index in [0.717, 1.165) is 11.1 Å². The molecule has 0 aliphatic carbocycles. The van der Waals surface area contributed by atoms with E-state index in [1.165, 1.54) is 24.3 Å². The van der Waals surface area contributed by atoms with Crippen LogP contribution in [0.2, 0.25) is 0 Å². The van der Waals surface area contributed by atoms with Crippen LogP contribution in [0.25, 0.3) is 22.8 Å². The summed E-state index contributed by atoms with van der Waals surface area (Å²) in [7, 11) is 0. The standard InChI is InChI=1S/C16H10F4/c17-9-15(19)13-5-1-11(2-6-13)12-3-7-14(8-4-12)16(20)10-18/h1-10H/b15-9-,16-10+. The summed E-state index contributed by atoms with van der Waals surface area (Å²) in [6.45, 7) is 0. The normalized spacial score (nSPS) is 12.6. The van der Waals surface area contributed by atoms with Crippen molar-refractivity contribution in [1.82, 2.24) is 0 Å². The lowest BCUT2D eigenvalue weighted by molar-refractivity contribution is 0.671. The molecule has 0 saturated carbocycles. The zero-order valence-corrected chi connectivity index (χ0v) is 10.3. The predicted molar refractivity (Wildman–Crippen MR) is 72.3 cm³/mol. The van der Waals surface area contributed by atoms with Gasteiger partial charge in [-0.1, -0.05) is 48.5 Å². The third-order valence-electron chi connectivity index (χ3n) is 2.85. The van der Waals surface area contributed by atoms with Crippen LogP contribution < -0.4 is 0 Å². The number of hydrogen-bond acceptors (Lipinski definition) is 0. The Morgan fingerprint density at radius 3 is 1.15 bits per heavy atom. The summed E-state index contributed by atoms with van der Waals surface area (Å²) in [4.78, 5) is 0. The predicted octanol–water partition coefficient (Wildman–Crippen LogP) is 5.83. The summed E-state index contributed by atoms with van der Waals surface area (Å²) in [5, 5.41) is 0. The first-order chi connectivity index (χ1) is 9.65. The van der Waals surface area contributed by atoms with E-state index in [4.69, 9.17) is 0 Å². The molecule has 0 spiro atoms. The Morgan fingerprint density at radius 2 is 0.900 bits per heavy atom. The molecule has 0 radical (unpaired) electrons. The minimum absolute atomic E-state index is 0.101. The lowest BCUT2D eigenvalue weighted by Crippen LogP contribution is -1.82. The highest BCUT2D eigenvalue weighted by Crippen LogP contribution is 2.25. The molecular formula is C16H10F4. The van der Waals surface area contributed by atoms with E-state index in [1.54, 1.807) is 24.3 Å². The van der Waals surface area contributed by atoms with Crippen molar-refractivity contribution in [3.05, 3.63) is 72.3 Å². The van der Waals surface area contributed by atoms with Crippen molar-refractivity contribution in [1.29, 1.82) is 0 Å². The van der Waals surface area contributed by atoms with Gasteiger partial charge in [0.2, 0.25) is 0 Å². The van der Waals surface area contributed by atoms with Gasteiger partial charge in [0.05, 0.1) is 0 Å². The molecule has 102 valence electrons. The highest BCUT2D eigenvalue weighted by molar-refractivity contribution is 5.69. The van der Waals surface area contributed by atoms with Crippen LogP contribution >= 0.6 is 0 Å². The molecule has 0 unspecified atom stereocenters. The minimum atomic E-state index is -0.943. The van der Waals surface area contributed by atoms with Gasteiger partial charge >= 0.3 is 0 Å². The third-order valence-corrected chi connectivity index (χ3v) is 2.85. The lowest BCUT2D eigenvalue weighted by atomic mass is 10.0. The molecule has 4 heteroatoms. The third kappa shape index (κ3) is 2.96. The fourth-order valence-electron chi connectivity index (χ4n) is 1.77. The van der Waals surface area contributed by atoms with Crippen LogP contribution in [0.5, 0.6) is 0 Å². The van der Waals surface area contributed by atoms with Crippen molar-refractivity contribution in [2.75, 3.05) is 0 Å². The summed E-state index contributed by atoms with van der Waals surface area (Å²) in [5.74, 6) is -1.89. The van der Waals surface area contributed by atoms with Crippen LogP contribution in [-0.2, 0) is 0 Å². The Balaban J connectivity index is 2.28. The van der Waals surface area contributed by atoms with Gasteiger partial charge in [-0.05, 0) is 11.1 Å². The van der Waals surface area contributed by atoms with Gasteiger partial charge in [0.15, 0.2) is 11.7 Å². The highest BCUT2D eigenvalue weighted by Gasteiger charge is 2.04. The summed E-state index contributed by atoms with van der Waals surface area (Å²) >= 11 is 0. The second-order valence-electron chi connectivity index (χ2n) is 4.07. The molecule has 0 heterocycles. The molecule has 0 saturated heterocycles. The minimum Gasteiger partial charge on any atom is -0.212 e. The Kier molecular flexibility index (Phi) is 4.35. The van der Waals surface area contributed by atoms with E-state index in [-0.39, 0.29) is 23.8 Å². The topological polar surface area (TPSA) is 0 Å². The van der Waals surface area contributed by atoms with Crippen molar-refractivity contribution in [2.24, 2.45) is 0 Å². The van der Waals surface area contributed by atoms with Gasteiger partial charge in [0.25, 0.3) is 0 Å². The van der Waals surface area contributed by atoms with Gasteiger partial charge in [-0.25, -0.2) is 17.6 Å². The Morgan fingerprint density at radius 1 is 0.600 bits per heavy atom. The SMILES string of the molecule is F/C=C(\F)c1ccc(-c2ccc(/C(F)=C\F)cc2)cc1. The molecule has 0 nitrogen and oxygen atoms in total. The fourth-order valence-corrected chi connectivity index (χ4v) is 1.77. The van der Waals surface area contributed by atoms with E-state index in [2.05, 4.69) is 0 Å². The van der Waals surface area contributed by atoms with Gasteiger partial charge in [-0.15, -0.1) is 0 Å². The van der Waals surface area contributed by atoms with Crippen LogP contribution in [0.4, 0.5) is 17.6 Å². The molecule has 2 aromatic carbocycles. The maximum Gasteiger partial charge on any atom is 0.158 e. The van der Waals surface area contributed by atoms with Crippen LogP contribution in [0, 0.1) is 0 Å². The van der Waals surface area contributed by atoms with Gasteiger partial charge < -0.3 is 0 Å². The van der Waals surface area contributed by atoms with Crippen LogP contribution in [0.15, 0.2) is 61.2 Å². The van der Waals surface area contributed by atoms with Crippen molar-refractivity contribution in [3.63, 3.8) is 0 Å². The van der Waals surface area contributed by atoms with Crippen LogP contribution in [0.3, 0.4) is 0 Å². The van der Waals surface area contributed by atoms with Gasteiger partial charge in [-0.2, -0.15) is 0 Å². The second-order valence-corrected chi connectivity index (χ2v) is 4.07. The number of rotatable bonds is 3. The largest absolute Gasteiger partial charge is 0.212 e. The smallest absolute Gasteiger partial charge is 0.158 e. The van der Waals surface area contributed by atoms with Crippen molar-refractivity contribution in [3.8, 4) is 11.1 Å².